The van der Waals surface area contributed by atoms with Crippen LogP contribution in [0.25, 0.3) is 0 Å². The molecule has 2 aromatic rings. The lowest BCUT2D eigenvalue weighted by molar-refractivity contribution is -0.128. The van der Waals surface area contributed by atoms with Gasteiger partial charge < -0.3 is 10.6 Å². The summed E-state index contributed by atoms with van der Waals surface area (Å²) in [4.78, 5) is 24.6. The Morgan fingerprint density at radius 3 is 2.53 bits per heavy atom. The third-order valence-electron chi connectivity index (χ3n) is 4.78. The van der Waals surface area contributed by atoms with E-state index < -0.39 is 33.6 Å². The molecule has 160 valence electrons. The normalized spacial score (nSPS) is 17.3. The Hall–Kier alpha value is -2.49. The average Bonchev–Trinajstić information content (AvgIpc) is 2.74. The molecule has 3 rings (SSSR count). The molecule has 0 aliphatic carbocycles. The molecule has 0 spiro atoms. The number of piperidine rings is 1. The van der Waals surface area contributed by atoms with Gasteiger partial charge in [0.1, 0.15) is 5.82 Å². The van der Waals surface area contributed by atoms with Gasteiger partial charge in [0.15, 0.2) is 0 Å². The van der Waals surface area contributed by atoms with E-state index in [9.17, 15) is 22.4 Å². The zero-order chi connectivity index (χ0) is 21.7. The van der Waals surface area contributed by atoms with Gasteiger partial charge in [-0.05, 0) is 49.2 Å². The molecular weight excluding hydrogens is 433 g/mol. The van der Waals surface area contributed by atoms with Crippen molar-refractivity contribution < 1.29 is 22.4 Å². The van der Waals surface area contributed by atoms with E-state index in [0.717, 1.165) is 0 Å². The maximum Gasteiger partial charge on any atom is 0.243 e. The van der Waals surface area contributed by atoms with Crippen molar-refractivity contribution in [1.82, 2.24) is 9.62 Å². The highest BCUT2D eigenvalue weighted by atomic mass is 35.5. The van der Waals surface area contributed by atoms with Gasteiger partial charge in [-0.1, -0.05) is 23.7 Å². The van der Waals surface area contributed by atoms with Gasteiger partial charge in [0.2, 0.25) is 21.8 Å². The molecule has 1 atom stereocenters. The summed E-state index contributed by atoms with van der Waals surface area (Å²) < 4.78 is 40.5. The molecule has 0 aromatic heterocycles. The van der Waals surface area contributed by atoms with Crippen LogP contribution in [0.2, 0.25) is 5.02 Å². The highest BCUT2D eigenvalue weighted by Crippen LogP contribution is 2.25. The number of anilines is 1. The zero-order valence-corrected chi connectivity index (χ0v) is 17.5. The standard InChI is InChI=1S/C20H21ClFN3O4S/c21-15-7-9-16(10-8-15)30(28,29)25-11-3-4-14(13-25)20(27)23-12-19(26)24-18-6-2-1-5-17(18)22/h1-2,5-10,14H,3-4,11-13H2,(H,23,27)(H,24,26)/t14-/m1/s1. The molecule has 2 aromatic carbocycles. The lowest BCUT2D eigenvalue weighted by atomic mass is 9.99. The molecule has 2 amide bonds. The van der Waals surface area contributed by atoms with Crippen molar-refractivity contribution in [2.45, 2.75) is 17.7 Å². The minimum Gasteiger partial charge on any atom is -0.347 e. The summed E-state index contributed by atoms with van der Waals surface area (Å²) in [6.07, 6.45) is 1.03. The molecule has 1 saturated heterocycles. The zero-order valence-electron chi connectivity index (χ0n) is 16.0. The van der Waals surface area contributed by atoms with Crippen molar-refractivity contribution in [2.75, 3.05) is 25.0 Å². The van der Waals surface area contributed by atoms with Crippen LogP contribution in [-0.2, 0) is 19.6 Å². The highest BCUT2D eigenvalue weighted by molar-refractivity contribution is 7.89. The number of rotatable bonds is 6. The van der Waals surface area contributed by atoms with E-state index >= 15 is 0 Å². The van der Waals surface area contributed by atoms with Gasteiger partial charge in [-0.3, -0.25) is 9.59 Å². The third kappa shape index (κ3) is 5.35. The van der Waals surface area contributed by atoms with E-state index in [1.54, 1.807) is 6.07 Å². The topological polar surface area (TPSA) is 95.6 Å². The molecule has 7 nitrogen and oxygen atoms in total. The number of para-hydroxylation sites is 1. The Balaban J connectivity index is 1.57. The van der Waals surface area contributed by atoms with Gasteiger partial charge in [0, 0.05) is 18.1 Å². The number of amides is 2. The fourth-order valence-corrected chi connectivity index (χ4v) is 4.85. The Kier molecular flexibility index (Phi) is 7.06. The molecule has 1 heterocycles. The van der Waals surface area contributed by atoms with Gasteiger partial charge in [0.25, 0.3) is 0 Å². The van der Waals surface area contributed by atoms with Crippen LogP contribution in [0.4, 0.5) is 10.1 Å². The van der Waals surface area contributed by atoms with Crippen LogP contribution in [0.15, 0.2) is 53.4 Å². The van der Waals surface area contributed by atoms with E-state index in [2.05, 4.69) is 10.6 Å². The summed E-state index contributed by atoms with van der Waals surface area (Å²) in [6.45, 7) is -0.0121. The van der Waals surface area contributed by atoms with Crippen LogP contribution in [0.5, 0.6) is 0 Å². The first-order valence-corrected chi connectivity index (χ1v) is 11.2. The molecule has 10 heteroatoms. The van der Waals surface area contributed by atoms with Crippen LogP contribution in [0.1, 0.15) is 12.8 Å². The number of hydrogen-bond acceptors (Lipinski definition) is 4. The Morgan fingerprint density at radius 2 is 1.83 bits per heavy atom. The summed E-state index contributed by atoms with van der Waals surface area (Å²) in [6, 6.07) is 11.5. The average molecular weight is 454 g/mol. The van der Waals surface area contributed by atoms with E-state index in [1.807, 2.05) is 0 Å². The predicted octanol–water partition coefficient (Wildman–Crippen LogP) is 2.63. The molecule has 2 N–H and O–H groups in total. The SMILES string of the molecule is O=C(CNC(=O)[C@@H]1CCCN(S(=O)(=O)c2ccc(Cl)cc2)C1)Nc1ccccc1F. The first-order valence-electron chi connectivity index (χ1n) is 9.35. The van der Waals surface area contributed by atoms with Crippen molar-refractivity contribution >= 4 is 39.1 Å². The first-order chi connectivity index (χ1) is 14.3. The number of sulfonamides is 1. The van der Waals surface area contributed by atoms with Crippen LogP contribution in [-0.4, -0.2) is 44.2 Å². The molecule has 1 aliphatic rings. The maximum atomic E-state index is 13.6. The second kappa shape index (κ2) is 9.55. The van der Waals surface area contributed by atoms with Gasteiger partial charge in [0.05, 0.1) is 23.0 Å². The summed E-state index contributed by atoms with van der Waals surface area (Å²) in [5, 5.41) is 5.31. The van der Waals surface area contributed by atoms with Crippen molar-refractivity contribution in [2.24, 2.45) is 5.92 Å². The van der Waals surface area contributed by atoms with Crippen molar-refractivity contribution in [3.63, 3.8) is 0 Å². The molecule has 0 saturated carbocycles. The summed E-state index contributed by atoms with van der Waals surface area (Å²) in [5.74, 6) is -2.15. The van der Waals surface area contributed by atoms with Crippen molar-refractivity contribution in [1.29, 1.82) is 0 Å². The fraction of sp³-hybridized carbons (Fsp3) is 0.300. The van der Waals surface area contributed by atoms with E-state index in [0.29, 0.717) is 24.4 Å². The molecule has 30 heavy (non-hydrogen) atoms. The first kappa shape index (κ1) is 22.2. The number of benzene rings is 2. The Labute approximate surface area is 179 Å². The van der Waals surface area contributed by atoms with E-state index in [-0.39, 0.29) is 23.7 Å². The summed E-state index contributed by atoms with van der Waals surface area (Å²) in [5.41, 5.74) is 0.0228. The second-order valence-corrected chi connectivity index (χ2v) is 9.28. The van der Waals surface area contributed by atoms with Crippen LogP contribution in [0.3, 0.4) is 0 Å². The molecule has 0 bridgehead atoms. The Morgan fingerprint density at radius 1 is 1.13 bits per heavy atom. The lowest BCUT2D eigenvalue weighted by Gasteiger charge is -2.31. The smallest absolute Gasteiger partial charge is 0.243 e. The molecule has 1 aliphatic heterocycles. The van der Waals surface area contributed by atoms with Gasteiger partial charge >= 0.3 is 0 Å². The number of hydrogen-bond donors (Lipinski definition) is 2. The maximum absolute atomic E-state index is 13.6. The number of nitrogens with one attached hydrogen (secondary N) is 2. The van der Waals surface area contributed by atoms with Gasteiger partial charge in [-0.2, -0.15) is 4.31 Å². The quantitative estimate of drug-likeness (QED) is 0.702. The molecule has 1 fully saturated rings. The van der Waals surface area contributed by atoms with Gasteiger partial charge in [-0.25, -0.2) is 12.8 Å². The van der Waals surface area contributed by atoms with Crippen LogP contribution in [0, 0.1) is 11.7 Å². The third-order valence-corrected chi connectivity index (χ3v) is 6.91. The van der Waals surface area contributed by atoms with Gasteiger partial charge in [-0.15, -0.1) is 0 Å². The van der Waals surface area contributed by atoms with Crippen LogP contribution < -0.4 is 10.6 Å². The van der Waals surface area contributed by atoms with Crippen molar-refractivity contribution in [3.8, 4) is 0 Å². The predicted molar refractivity (Wildman–Crippen MR) is 111 cm³/mol. The summed E-state index contributed by atoms with van der Waals surface area (Å²) in [7, 11) is -3.75. The Bertz CT molecular complexity index is 1030. The van der Waals surface area contributed by atoms with Crippen molar-refractivity contribution in [3.05, 3.63) is 59.4 Å². The number of carbonyl (C=O) groups is 2. The minimum absolute atomic E-state index is 0.0196. The monoisotopic (exact) mass is 453 g/mol. The second-order valence-electron chi connectivity index (χ2n) is 6.90. The highest BCUT2D eigenvalue weighted by Gasteiger charge is 2.33. The summed E-state index contributed by atoms with van der Waals surface area (Å²) >= 11 is 5.82. The largest absolute Gasteiger partial charge is 0.347 e. The molecular formula is C20H21ClFN3O4S. The number of carbonyl (C=O) groups excluding carboxylic acids is 2. The lowest BCUT2D eigenvalue weighted by Crippen LogP contribution is -2.46. The minimum atomic E-state index is -3.75. The van der Waals surface area contributed by atoms with Crippen LogP contribution >= 0.6 is 11.6 Å². The number of nitrogens with zero attached hydrogens (tertiary/aromatic N) is 1. The molecule has 0 radical (unpaired) electrons. The fourth-order valence-electron chi connectivity index (χ4n) is 3.20. The van der Waals surface area contributed by atoms with E-state index in [4.69, 9.17) is 11.6 Å². The molecule has 0 unspecified atom stereocenters. The number of halogens is 2. The van der Waals surface area contributed by atoms with E-state index in [1.165, 1.54) is 46.8 Å².